The highest BCUT2D eigenvalue weighted by Gasteiger charge is 2.06. The van der Waals surface area contributed by atoms with E-state index in [2.05, 4.69) is 73.5 Å². The first-order valence-electron chi connectivity index (χ1n) is 5.52. The van der Waals surface area contributed by atoms with Gasteiger partial charge in [0.1, 0.15) is 0 Å². The predicted molar refractivity (Wildman–Crippen MR) is 86.2 cm³/mol. The number of thiophene rings is 1. The topological polar surface area (TPSA) is 29.3 Å². The largest absolute Gasteiger partial charge is 0.370 e. The van der Waals surface area contributed by atoms with E-state index in [1.54, 1.807) is 11.3 Å². The molecular weight excluding hydrogens is 376 g/mol. The summed E-state index contributed by atoms with van der Waals surface area (Å²) in [5.74, 6) is 0. The summed E-state index contributed by atoms with van der Waals surface area (Å²) in [5.41, 5.74) is 9.28. The first-order valence-corrected chi connectivity index (χ1v) is 7.99. The Bertz CT molecular complexity index is 540. The first-order chi connectivity index (χ1) is 8.60. The fourth-order valence-corrected chi connectivity index (χ4v) is 3.46. The molecule has 0 aliphatic rings. The van der Waals surface area contributed by atoms with Crippen molar-refractivity contribution in [3.05, 3.63) is 49.0 Å². The fraction of sp³-hybridized carbons (Fsp3) is 0.231. The van der Waals surface area contributed by atoms with Crippen LogP contribution in [-0.4, -0.2) is 7.05 Å². The lowest BCUT2D eigenvalue weighted by atomic mass is 10.2. The summed E-state index contributed by atoms with van der Waals surface area (Å²) in [6, 6.07) is 8.45. The lowest BCUT2D eigenvalue weighted by Gasteiger charge is -2.19. The molecule has 0 radical (unpaired) electrons. The van der Waals surface area contributed by atoms with Crippen LogP contribution in [0.5, 0.6) is 0 Å². The third-order valence-corrected chi connectivity index (χ3v) is 5.03. The van der Waals surface area contributed by atoms with Crippen LogP contribution in [-0.2, 0) is 13.1 Å². The highest BCUT2D eigenvalue weighted by molar-refractivity contribution is 9.11. The summed E-state index contributed by atoms with van der Waals surface area (Å²) in [6.07, 6.45) is 0. The van der Waals surface area contributed by atoms with Crippen LogP contribution in [0.4, 0.5) is 5.69 Å². The minimum atomic E-state index is 0.558. The number of nitrogens with two attached hydrogens (primary N) is 1. The highest BCUT2D eigenvalue weighted by atomic mass is 79.9. The van der Waals surface area contributed by atoms with Crippen molar-refractivity contribution in [1.29, 1.82) is 0 Å². The van der Waals surface area contributed by atoms with Gasteiger partial charge >= 0.3 is 0 Å². The van der Waals surface area contributed by atoms with E-state index in [1.165, 1.54) is 15.0 Å². The van der Waals surface area contributed by atoms with Gasteiger partial charge in [-0.25, -0.2) is 0 Å². The number of halogens is 2. The molecule has 96 valence electrons. The van der Waals surface area contributed by atoms with E-state index in [4.69, 9.17) is 5.73 Å². The van der Waals surface area contributed by atoms with Crippen LogP contribution >= 0.6 is 43.2 Å². The molecule has 0 aliphatic carbocycles. The predicted octanol–water partition coefficient (Wildman–Crippen LogP) is 4.37. The normalized spacial score (nSPS) is 10.7. The van der Waals surface area contributed by atoms with Gasteiger partial charge in [0.15, 0.2) is 0 Å². The van der Waals surface area contributed by atoms with Crippen molar-refractivity contribution in [2.45, 2.75) is 13.1 Å². The molecule has 0 bridgehead atoms. The molecule has 0 amide bonds. The van der Waals surface area contributed by atoms with Crippen LogP contribution in [0.15, 0.2) is 37.9 Å². The summed E-state index contributed by atoms with van der Waals surface area (Å²) in [4.78, 5) is 2.22. The van der Waals surface area contributed by atoms with Gasteiger partial charge in [-0.1, -0.05) is 22.0 Å². The Morgan fingerprint density at radius 2 is 2.06 bits per heavy atom. The zero-order valence-electron chi connectivity index (χ0n) is 9.99. The molecule has 0 fully saturated rings. The SMILES string of the molecule is CN(Cc1csc(Br)c1)c1ccc(CN)c(Br)c1. The minimum absolute atomic E-state index is 0.558. The average Bonchev–Trinajstić information content (AvgIpc) is 2.74. The van der Waals surface area contributed by atoms with Gasteiger partial charge in [-0.15, -0.1) is 11.3 Å². The van der Waals surface area contributed by atoms with E-state index < -0.39 is 0 Å². The molecule has 0 spiro atoms. The van der Waals surface area contributed by atoms with Crippen LogP contribution in [0.1, 0.15) is 11.1 Å². The molecule has 1 aromatic carbocycles. The van der Waals surface area contributed by atoms with E-state index in [0.29, 0.717) is 6.54 Å². The summed E-state index contributed by atoms with van der Waals surface area (Å²) < 4.78 is 2.24. The van der Waals surface area contributed by atoms with Gasteiger partial charge < -0.3 is 10.6 Å². The number of hydrogen-bond acceptors (Lipinski definition) is 3. The molecule has 0 saturated carbocycles. The van der Waals surface area contributed by atoms with E-state index in [9.17, 15) is 0 Å². The van der Waals surface area contributed by atoms with E-state index in [-0.39, 0.29) is 0 Å². The molecule has 1 heterocycles. The zero-order chi connectivity index (χ0) is 13.1. The molecule has 0 atom stereocenters. The van der Waals surface area contributed by atoms with E-state index in [1.807, 2.05) is 0 Å². The Morgan fingerprint density at radius 3 is 2.61 bits per heavy atom. The van der Waals surface area contributed by atoms with Crippen molar-refractivity contribution >= 4 is 48.9 Å². The van der Waals surface area contributed by atoms with Gasteiger partial charge in [0.2, 0.25) is 0 Å². The fourth-order valence-electron chi connectivity index (χ4n) is 1.73. The lowest BCUT2D eigenvalue weighted by Crippen LogP contribution is -2.16. The van der Waals surface area contributed by atoms with Crippen LogP contribution in [0, 0.1) is 0 Å². The maximum Gasteiger partial charge on any atom is 0.0701 e. The maximum atomic E-state index is 5.66. The number of benzene rings is 1. The Labute approximate surface area is 128 Å². The van der Waals surface area contributed by atoms with Gasteiger partial charge in [0.05, 0.1) is 3.79 Å². The van der Waals surface area contributed by atoms with Crippen LogP contribution in [0.3, 0.4) is 0 Å². The number of nitrogens with zero attached hydrogens (tertiary/aromatic N) is 1. The maximum absolute atomic E-state index is 5.66. The Kier molecular flexibility index (Phi) is 4.84. The van der Waals surface area contributed by atoms with Gasteiger partial charge in [-0.05, 0) is 50.6 Å². The number of hydrogen-bond donors (Lipinski definition) is 1. The molecule has 1 aromatic heterocycles. The van der Waals surface area contributed by atoms with Crippen molar-refractivity contribution in [3.63, 3.8) is 0 Å². The molecule has 2 nitrogen and oxygen atoms in total. The van der Waals surface area contributed by atoms with Gasteiger partial charge in [-0.2, -0.15) is 0 Å². The smallest absolute Gasteiger partial charge is 0.0701 e. The summed E-state index contributed by atoms with van der Waals surface area (Å²) in [7, 11) is 2.09. The van der Waals surface area contributed by atoms with Crippen molar-refractivity contribution < 1.29 is 0 Å². The highest BCUT2D eigenvalue weighted by Crippen LogP contribution is 2.26. The van der Waals surface area contributed by atoms with Crippen LogP contribution in [0.2, 0.25) is 0 Å². The zero-order valence-corrected chi connectivity index (χ0v) is 14.0. The second kappa shape index (κ2) is 6.19. The van der Waals surface area contributed by atoms with E-state index >= 15 is 0 Å². The average molecular weight is 390 g/mol. The lowest BCUT2D eigenvalue weighted by molar-refractivity contribution is 0.924. The second-order valence-corrected chi connectivity index (χ2v) is 7.24. The minimum Gasteiger partial charge on any atom is -0.370 e. The van der Waals surface area contributed by atoms with Crippen LogP contribution in [0.25, 0.3) is 0 Å². The van der Waals surface area contributed by atoms with Crippen molar-refractivity contribution in [1.82, 2.24) is 0 Å². The molecule has 0 unspecified atom stereocenters. The molecular formula is C13H14Br2N2S. The van der Waals surface area contributed by atoms with Crippen LogP contribution < -0.4 is 10.6 Å². The van der Waals surface area contributed by atoms with Gasteiger partial charge in [0, 0.05) is 30.3 Å². The molecule has 0 saturated heterocycles. The summed E-state index contributed by atoms with van der Waals surface area (Å²) in [6.45, 7) is 1.46. The van der Waals surface area contributed by atoms with E-state index in [0.717, 1.165) is 16.6 Å². The second-order valence-electron chi connectivity index (χ2n) is 4.09. The van der Waals surface area contributed by atoms with Gasteiger partial charge in [0.25, 0.3) is 0 Å². The third-order valence-electron chi connectivity index (χ3n) is 2.74. The molecule has 18 heavy (non-hydrogen) atoms. The molecule has 2 aromatic rings. The molecule has 0 aliphatic heterocycles. The van der Waals surface area contributed by atoms with Gasteiger partial charge in [-0.3, -0.25) is 0 Å². The molecule has 5 heteroatoms. The third kappa shape index (κ3) is 3.35. The Hall–Kier alpha value is -0.360. The van der Waals surface area contributed by atoms with Crippen molar-refractivity contribution in [3.8, 4) is 0 Å². The number of rotatable bonds is 4. The van der Waals surface area contributed by atoms with Crippen molar-refractivity contribution in [2.24, 2.45) is 5.73 Å². The Morgan fingerprint density at radius 1 is 1.28 bits per heavy atom. The summed E-state index contributed by atoms with van der Waals surface area (Å²) in [5, 5.41) is 2.17. The molecule has 2 N–H and O–H groups in total. The van der Waals surface area contributed by atoms with Crippen molar-refractivity contribution in [2.75, 3.05) is 11.9 Å². The number of anilines is 1. The quantitative estimate of drug-likeness (QED) is 0.841. The monoisotopic (exact) mass is 388 g/mol. The molecule has 2 rings (SSSR count). The summed E-state index contributed by atoms with van der Waals surface area (Å²) >= 11 is 8.76. The standard InChI is InChI=1S/C13H14Br2N2S/c1-17(7-9-4-13(15)18-8-9)11-3-2-10(6-16)12(14)5-11/h2-5,8H,6-7,16H2,1H3. The Balaban J connectivity index is 2.13. The first kappa shape index (κ1) is 14.1.